The van der Waals surface area contributed by atoms with Crippen LogP contribution in [-0.4, -0.2) is 18.4 Å². The number of benzene rings is 2. The van der Waals surface area contributed by atoms with Crippen molar-refractivity contribution in [3.8, 4) is 0 Å². The van der Waals surface area contributed by atoms with E-state index in [0.29, 0.717) is 29.4 Å². The van der Waals surface area contributed by atoms with E-state index in [-0.39, 0.29) is 11.8 Å². The largest absolute Gasteiger partial charge is 0.366 e. The van der Waals surface area contributed by atoms with E-state index < -0.39 is 5.91 Å². The Hall–Kier alpha value is -2.37. The molecule has 0 saturated heterocycles. The average Bonchev–Trinajstić information content (AvgIpc) is 2.54. The van der Waals surface area contributed by atoms with Crippen molar-refractivity contribution in [1.82, 2.24) is 5.32 Å². The number of halogens is 1. The third-order valence-electron chi connectivity index (χ3n) is 3.91. The van der Waals surface area contributed by atoms with Crippen molar-refractivity contribution >= 4 is 29.1 Å². The number of hydrogen-bond acceptors (Lipinski definition) is 3. The molecule has 0 aromatic heterocycles. The second-order valence-electron chi connectivity index (χ2n) is 5.43. The van der Waals surface area contributed by atoms with Crippen molar-refractivity contribution in [3.05, 3.63) is 64.2 Å². The zero-order valence-corrected chi connectivity index (χ0v) is 13.1. The SMILES string of the molecule is NC(=O)c1ccccc1NC(=O)C1CNCc2cc(Cl)ccc21. The van der Waals surface area contributed by atoms with Crippen molar-refractivity contribution in [3.63, 3.8) is 0 Å². The summed E-state index contributed by atoms with van der Waals surface area (Å²) in [4.78, 5) is 24.1. The van der Waals surface area contributed by atoms with Crippen LogP contribution in [0.15, 0.2) is 42.5 Å². The first-order valence-electron chi connectivity index (χ1n) is 7.25. The van der Waals surface area contributed by atoms with Gasteiger partial charge in [0.1, 0.15) is 0 Å². The Morgan fingerprint density at radius 1 is 1.22 bits per heavy atom. The molecule has 3 rings (SSSR count). The molecule has 4 N–H and O–H groups in total. The monoisotopic (exact) mass is 329 g/mol. The molecule has 1 atom stereocenters. The summed E-state index contributed by atoms with van der Waals surface area (Å²) in [6.45, 7) is 1.21. The molecule has 0 fully saturated rings. The summed E-state index contributed by atoms with van der Waals surface area (Å²) < 4.78 is 0. The minimum Gasteiger partial charge on any atom is -0.366 e. The molecule has 1 aliphatic heterocycles. The van der Waals surface area contributed by atoms with Crippen molar-refractivity contribution in [2.75, 3.05) is 11.9 Å². The Bertz CT molecular complexity index is 776. The summed E-state index contributed by atoms with van der Waals surface area (Å²) in [7, 11) is 0. The number of fused-ring (bicyclic) bond motifs is 1. The number of anilines is 1. The number of rotatable bonds is 3. The molecule has 2 aromatic carbocycles. The van der Waals surface area contributed by atoms with Crippen LogP contribution in [0.3, 0.4) is 0 Å². The third-order valence-corrected chi connectivity index (χ3v) is 4.15. The Kier molecular flexibility index (Phi) is 4.32. The van der Waals surface area contributed by atoms with Crippen LogP contribution in [0.25, 0.3) is 0 Å². The number of nitrogens with two attached hydrogens (primary N) is 1. The molecule has 1 heterocycles. The normalized spacial score (nSPS) is 16.5. The van der Waals surface area contributed by atoms with E-state index in [2.05, 4.69) is 10.6 Å². The van der Waals surface area contributed by atoms with Crippen molar-refractivity contribution < 1.29 is 9.59 Å². The molecule has 6 heteroatoms. The van der Waals surface area contributed by atoms with E-state index in [9.17, 15) is 9.59 Å². The van der Waals surface area contributed by atoms with Crippen LogP contribution in [0.4, 0.5) is 5.69 Å². The zero-order valence-electron chi connectivity index (χ0n) is 12.3. The van der Waals surface area contributed by atoms with Gasteiger partial charge in [0.05, 0.1) is 17.2 Å². The van der Waals surface area contributed by atoms with Crippen molar-refractivity contribution in [2.24, 2.45) is 5.73 Å². The van der Waals surface area contributed by atoms with Gasteiger partial charge < -0.3 is 16.4 Å². The predicted molar refractivity (Wildman–Crippen MR) is 89.5 cm³/mol. The third kappa shape index (κ3) is 3.21. The molecule has 5 nitrogen and oxygen atoms in total. The molecule has 0 spiro atoms. The van der Waals surface area contributed by atoms with Crippen molar-refractivity contribution in [2.45, 2.75) is 12.5 Å². The smallest absolute Gasteiger partial charge is 0.250 e. The van der Waals surface area contributed by atoms with Gasteiger partial charge in [-0.15, -0.1) is 0 Å². The second kappa shape index (κ2) is 6.40. The van der Waals surface area contributed by atoms with E-state index >= 15 is 0 Å². The summed E-state index contributed by atoms with van der Waals surface area (Å²) in [6.07, 6.45) is 0. The standard InChI is InChI=1S/C17H16ClN3O2/c18-11-5-6-12-10(7-11)8-20-9-14(12)17(23)21-15-4-2-1-3-13(15)16(19)22/h1-7,14,20H,8-9H2,(H2,19,22)(H,21,23). The average molecular weight is 330 g/mol. The number of hydrogen-bond donors (Lipinski definition) is 3. The lowest BCUT2D eigenvalue weighted by Crippen LogP contribution is -2.35. The first-order chi connectivity index (χ1) is 11.1. The molecule has 2 aromatic rings. The highest BCUT2D eigenvalue weighted by Crippen LogP contribution is 2.28. The highest BCUT2D eigenvalue weighted by molar-refractivity contribution is 6.30. The van der Waals surface area contributed by atoms with Crippen molar-refractivity contribution in [1.29, 1.82) is 0 Å². The topological polar surface area (TPSA) is 84.2 Å². The lowest BCUT2D eigenvalue weighted by Gasteiger charge is -2.26. The van der Waals surface area contributed by atoms with Crippen LogP contribution in [0.2, 0.25) is 5.02 Å². The zero-order chi connectivity index (χ0) is 16.4. The molecule has 118 valence electrons. The Balaban J connectivity index is 1.87. The quantitative estimate of drug-likeness (QED) is 0.807. The van der Waals surface area contributed by atoms with Gasteiger partial charge in [-0.25, -0.2) is 0 Å². The summed E-state index contributed by atoms with van der Waals surface area (Å²) in [5.41, 5.74) is 8.01. The lowest BCUT2D eigenvalue weighted by molar-refractivity contribution is -0.117. The molecule has 0 aliphatic carbocycles. The minimum absolute atomic E-state index is 0.186. The molecule has 0 saturated carbocycles. The van der Waals surface area contributed by atoms with Crippen LogP contribution in [-0.2, 0) is 11.3 Å². The van der Waals surface area contributed by atoms with Crippen LogP contribution in [0, 0.1) is 0 Å². The molecule has 0 bridgehead atoms. The fourth-order valence-electron chi connectivity index (χ4n) is 2.79. The van der Waals surface area contributed by atoms with E-state index in [1.165, 1.54) is 0 Å². The minimum atomic E-state index is -0.574. The lowest BCUT2D eigenvalue weighted by atomic mass is 9.90. The number of amides is 2. The van der Waals surface area contributed by atoms with Gasteiger partial charge in [0.25, 0.3) is 5.91 Å². The van der Waals surface area contributed by atoms with Gasteiger partial charge in [-0.3, -0.25) is 9.59 Å². The van der Waals surface area contributed by atoms with Crippen LogP contribution in [0.5, 0.6) is 0 Å². The molecule has 1 unspecified atom stereocenters. The Morgan fingerprint density at radius 3 is 2.78 bits per heavy atom. The van der Waals surface area contributed by atoms with Gasteiger partial charge >= 0.3 is 0 Å². The first kappa shape index (κ1) is 15.5. The van der Waals surface area contributed by atoms with Gasteiger partial charge in [0.2, 0.25) is 5.91 Å². The van der Waals surface area contributed by atoms with Gasteiger partial charge in [-0.05, 0) is 35.4 Å². The summed E-state index contributed by atoms with van der Waals surface area (Å²) in [5, 5.41) is 6.66. The van der Waals surface area contributed by atoms with E-state index in [0.717, 1.165) is 11.1 Å². The number of nitrogens with one attached hydrogen (secondary N) is 2. The number of primary amides is 1. The fraction of sp³-hybridized carbons (Fsp3) is 0.176. The maximum absolute atomic E-state index is 12.7. The molecular formula is C17H16ClN3O2. The first-order valence-corrected chi connectivity index (χ1v) is 7.63. The van der Waals surface area contributed by atoms with Gasteiger partial charge in [0, 0.05) is 18.1 Å². The Labute approximate surface area is 138 Å². The summed E-state index contributed by atoms with van der Waals surface area (Å²) in [6, 6.07) is 12.2. The molecule has 0 radical (unpaired) electrons. The number of carbonyl (C=O) groups excluding carboxylic acids is 2. The van der Waals surface area contributed by atoms with E-state index in [1.807, 2.05) is 12.1 Å². The fourth-order valence-corrected chi connectivity index (χ4v) is 2.98. The molecular weight excluding hydrogens is 314 g/mol. The second-order valence-corrected chi connectivity index (χ2v) is 5.86. The maximum Gasteiger partial charge on any atom is 0.250 e. The maximum atomic E-state index is 12.7. The number of carbonyl (C=O) groups is 2. The molecule has 1 aliphatic rings. The highest BCUT2D eigenvalue weighted by Gasteiger charge is 2.27. The van der Waals surface area contributed by atoms with Crippen LogP contribution >= 0.6 is 11.6 Å². The predicted octanol–water partition coefficient (Wildman–Crippen LogP) is 2.26. The van der Waals surface area contributed by atoms with Gasteiger partial charge in [0.15, 0.2) is 0 Å². The van der Waals surface area contributed by atoms with E-state index in [4.69, 9.17) is 17.3 Å². The molecule has 23 heavy (non-hydrogen) atoms. The summed E-state index contributed by atoms with van der Waals surface area (Å²) >= 11 is 6.01. The van der Waals surface area contributed by atoms with Crippen LogP contribution < -0.4 is 16.4 Å². The van der Waals surface area contributed by atoms with Gasteiger partial charge in [-0.2, -0.15) is 0 Å². The summed E-state index contributed by atoms with van der Waals surface area (Å²) in [5.74, 6) is -1.11. The highest BCUT2D eigenvalue weighted by atomic mass is 35.5. The Morgan fingerprint density at radius 2 is 2.00 bits per heavy atom. The number of para-hydroxylation sites is 1. The van der Waals surface area contributed by atoms with Crippen LogP contribution in [0.1, 0.15) is 27.4 Å². The van der Waals surface area contributed by atoms with E-state index in [1.54, 1.807) is 30.3 Å². The van der Waals surface area contributed by atoms with Gasteiger partial charge in [-0.1, -0.05) is 29.8 Å². The molecule has 2 amide bonds.